The third kappa shape index (κ3) is 3.31. The van der Waals surface area contributed by atoms with Crippen molar-refractivity contribution in [1.29, 1.82) is 0 Å². The maximum atomic E-state index is 13.7. The van der Waals surface area contributed by atoms with Crippen LogP contribution in [0.2, 0.25) is 0 Å². The van der Waals surface area contributed by atoms with Gasteiger partial charge in [-0.2, -0.15) is 4.98 Å². The van der Waals surface area contributed by atoms with E-state index < -0.39 is 4.92 Å². The minimum absolute atomic E-state index is 0.0395. The van der Waals surface area contributed by atoms with Crippen molar-refractivity contribution in [2.45, 2.75) is 6.54 Å². The fourth-order valence-electron chi connectivity index (χ4n) is 3.11. The van der Waals surface area contributed by atoms with Crippen LogP contribution in [0, 0.1) is 15.9 Å². The Morgan fingerprint density at radius 1 is 1.22 bits per heavy atom. The number of halogens is 1. The van der Waals surface area contributed by atoms with E-state index in [4.69, 9.17) is 4.52 Å². The number of nitro groups is 1. The van der Waals surface area contributed by atoms with E-state index in [9.17, 15) is 14.5 Å². The summed E-state index contributed by atoms with van der Waals surface area (Å²) in [5.74, 6) is 0.329. The first-order valence-electron chi connectivity index (χ1n) is 8.34. The van der Waals surface area contributed by atoms with Crippen molar-refractivity contribution in [3.63, 3.8) is 0 Å². The molecule has 1 aliphatic rings. The molecule has 3 aromatic rings. The van der Waals surface area contributed by atoms with Crippen LogP contribution in [0.1, 0.15) is 5.89 Å². The number of nitrogens with zero attached hydrogens (tertiary/aromatic N) is 5. The van der Waals surface area contributed by atoms with Gasteiger partial charge in [-0.1, -0.05) is 17.3 Å². The number of hydrogen-bond acceptors (Lipinski definition) is 7. The summed E-state index contributed by atoms with van der Waals surface area (Å²) >= 11 is 0. The number of rotatable bonds is 4. The molecule has 2 heterocycles. The van der Waals surface area contributed by atoms with E-state index in [0.29, 0.717) is 24.5 Å². The second kappa shape index (κ2) is 6.67. The first kappa shape index (κ1) is 17.0. The van der Waals surface area contributed by atoms with Gasteiger partial charge in [-0.25, -0.2) is 4.39 Å². The van der Waals surface area contributed by atoms with Crippen molar-refractivity contribution in [3.05, 3.63) is 64.3 Å². The van der Waals surface area contributed by atoms with Gasteiger partial charge in [0.2, 0.25) is 11.7 Å². The molecule has 4 rings (SSSR count). The Morgan fingerprint density at radius 2 is 2.07 bits per heavy atom. The van der Waals surface area contributed by atoms with Crippen molar-refractivity contribution in [2.75, 3.05) is 29.9 Å². The van der Waals surface area contributed by atoms with E-state index >= 15 is 0 Å². The summed E-state index contributed by atoms with van der Waals surface area (Å²) in [6.07, 6.45) is 0. The number of hydrogen-bond donors (Lipinski definition) is 0. The lowest BCUT2D eigenvalue weighted by molar-refractivity contribution is -0.384. The highest BCUT2D eigenvalue weighted by atomic mass is 19.1. The molecular formula is C18H16FN5O3. The minimum Gasteiger partial charge on any atom is -0.371 e. The molecule has 0 unspecified atom stereocenters. The Morgan fingerprint density at radius 3 is 2.89 bits per heavy atom. The predicted octanol–water partition coefficient (Wildman–Crippen LogP) is 3.24. The summed E-state index contributed by atoms with van der Waals surface area (Å²) in [7, 11) is 1.96. The molecule has 0 bridgehead atoms. The highest BCUT2D eigenvalue weighted by Crippen LogP contribution is 2.33. The van der Waals surface area contributed by atoms with E-state index in [1.807, 2.05) is 11.9 Å². The molecule has 2 aromatic carbocycles. The second-order valence-corrected chi connectivity index (χ2v) is 6.30. The molecular weight excluding hydrogens is 353 g/mol. The number of non-ortho nitro benzene ring substituents is 1. The Bertz CT molecular complexity index is 1010. The zero-order chi connectivity index (χ0) is 19.0. The molecule has 27 heavy (non-hydrogen) atoms. The van der Waals surface area contributed by atoms with Gasteiger partial charge in [0.15, 0.2) is 0 Å². The Balaban J connectivity index is 1.59. The fraction of sp³-hybridized carbons (Fsp3) is 0.222. The Hall–Kier alpha value is -3.49. The van der Waals surface area contributed by atoms with Crippen molar-refractivity contribution in [2.24, 2.45) is 0 Å². The molecule has 1 aliphatic heterocycles. The molecule has 138 valence electrons. The number of likely N-dealkylation sites (N-methyl/N-ethyl adjacent to an activating group) is 1. The van der Waals surface area contributed by atoms with Gasteiger partial charge in [-0.15, -0.1) is 0 Å². The summed E-state index contributed by atoms with van der Waals surface area (Å²) < 4.78 is 19.0. The van der Waals surface area contributed by atoms with Crippen molar-refractivity contribution in [1.82, 2.24) is 10.1 Å². The van der Waals surface area contributed by atoms with E-state index in [0.717, 1.165) is 17.9 Å². The summed E-state index contributed by atoms with van der Waals surface area (Å²) in [6, 6.07) is 10.7. The van der Waals surface area contributed by atoms with Crippen LogP contribution in [-0.2, 0) is 6.54 Å². The van der Waals surface area contributed by atoms with E-state index in [1.165, 1.54) is 24.3 Å². The first-order valence-corrected chi connectivity index (χ1v) is 8.34. The lowest BCUT2D eigenvalue weighted by Gasteiger charge is -2.36. The average molecular weight is 369 g/mol. The van der Waals surface area contributed by atoms with Gasteiger partial charge in [0.25, 0.3) is 5.69 Å². The standard InChI is InChI=1S/C18H16FN5O3/c1-22-7-8-23(16-10-13(19)5-6-15(16)22)11-17-20-18(21-27-17)12-3-2-4-14(9-12)24(25)26/h2-6,9-10H,7-8,11H2,1H3. The number of benzene rings is 2. The summed E-state index contributed by atoms with van der Waals surface area (Å²) in [4.78, 5) is 18.8. The van der Waals surface area contributed by atoms with Crippen LogP contribution in [0.3, 0.4) is 0 Å². The maximum Gasteiger partial charge on any atom is 0.270 e. The minimum atomic E-state index is -0.472. The van der Waals surface area contributed by atoms with Crippen LogP contribution in [-0.4, -0.2) is 35.2 Å². The third-order valence-electron chi connectivity index (χ3n) is 4.50. The van der Waals surface area contributed by atoms with Crippen LogP contribution in [0.4, 0.5) is 21.5 Å². The van der Waals surface area contributed by atoms with Gasteiger partial charge < -0.3 is 14.3 Å². The summed E-state index contributed by atoms with van der Waals surface area (Å²) in [5.41, 5.74) is 2.16. The lowest BCUT2D eigenvalue weighted by atomic mass is 10.1. The van der Waals surface area contributed by atoms with Gasteiger partial charge in [0, 0.05) is 37.8 Å². The highest BCUT2D eigenvalue weighted by Gasteiger charge is 2.23. The molecule has 0 N–H and O–H groups in total. The second-order valence-electron chi connectivity index (χ2n) is 6.30. The average Bonchev–Trinajstić information content (AvgIpc) is 3.13. The molecule has 0 fully saturated rings. The van der Waals surface area contributed by atoms with E-state index in [2.05, 4.69) is 15.0 Å². The van der Waals surface area contributed by atoms with Gasteiger partial charge >= 0.3 is 0 Å². The number of fused-ring (bicyclic) bond motifs is 1. The molecule has 0 saturated heterocycles. The van der Waals surface area contributed by atoms with Crippen molar-refractivity contribution < 1.29 is 13.8 Å². The molecule has 0 saturated carbocycles. The smallest absolute Gasteiger partial charge is 0.270 e. The number of nitro benzene ring substituents is 1. The third-order valence-corrected chi connectivity index (χ3v) is 4.50. The number of anilines is 2. The van der Waals surface area contributed by atoms with Crippen LogP contribution >= 0.6 is 0 Å². The molecule has 0 amide bonds. The SMILES string of the molecule is CN1CCN(Cc2nc(-c3cccc([N+](=O)[O-])c3)no2)c2cc(F)ccc21. The van der Waals surface area contributed by atoms with Gasteiger partial charge in [0.1, 0.15) is 5.82 Å². The topological polar surface area (TPSA) is 88.5 Å². The normalized spacial score (nSPS) is 13.6. The summed E-state index contributed by atoms with van der Waals surface area (Å²) in [6.45, 7) is 1.79. The highest BCUT2D eigenvalue weighted by molar-refractivity contribution is 5.73. The molecule has 0 spiro atoms. The molecule has 8 nitrogen and oxygen atoms in total. The maximum absolute atomic E-state index is 13.7. The van der Waals surface area contributed by atoms with Gasteiger partial charge in [-0.05, 0) is 18.2 Å². The van der Waals surface area contributed by atoms with Gasteiger partial charge in [0.05, 0.1) is 22.8 Å². The molecule has 0 atom stereocenters. The quantitative estimate of drug-likeness (QED) is 0.515. The van der Waals surface area contributed by atoms with Crippen LogP contribution in [0.15, 0.2) is 47.0 Å². The largest absolute Gasteiger partial charge is 0.371 e. The van der Waals surface area contributed by atoms with E-state index in [-0.39, 0.29) is 17.3 Å². The molecule has 9 heteroatoms. The number of aromatic nitrogens is 2. The molecule has 0 aliphatic carbocycles. The Kier molecular flexibility index (Phi) is 4.19. The zero-order valence-corrected chi connectivity index (χ0v) is 14.5. The molecule has 0 radical (unpaired) electrons. The van der Waals surface area contributed by atoms with Crippen molar-refractivity contribution in [3.8, 4) is 11.4 Å². The van der Waals surface area contributed by atoms with Crippen LogP contribution in [0.5, 0.6) is 0 Å². The van der Waals surface area contributed by atoms with Crippen LogP contribution < -0.4 is 9.80 Å². The molecule has 1 aromatic heterocycles. The summed E-state index contributed by atoms with van der Waals surface area (Å²) in [5, 5.41) is 14.8. The lowest BCUT2D eigenvalue weighted by Crippen LogP contribution is -2.38. The Labute approximate surface area is 154 Å². The van der Waals surface area contributed by atoms with Crippen molar-refractivity contribution >= 4 is 17.1 Å². The fourth-order valence-corrected chi connectivity index (χ4v) is 3.11. The van der Waals surface area contributed by atoms with Crippen LogP contribution in [0.25, 0.3) is 11.4 Å². The van der Waals surface area contributed by atoms with E-state index in [1.54, 1.807) is 18.2 Å². The van der Waals surface area contributed by atoms with Gasteiger partial charge in [-0.3, -0.25) is 10.1 Å². The zero-order valence-electron chi connectivity index (χ0n) is 14.5. The first-order chi connectivity index (χ1) is 13.0. The monoisotopic (exact) mass is 369 g/mol. The predicted molar refractivity (Wildman–Crippen MR) is 97.1 cm³/mol.